The smallest absolute Gasteiger partial charge is 0.343 e. The Balaban J connectivity index is 1.72. The highest BCUT2D eigenvalue weighted by molar-refractivity contribution is 5.91. The molecule has 2 N–H and O–H groups in total. The normalized spacial score (nSPS) is 15.6. The minimum absolute atomic E-state index is 0.0215. The molecule has 2 heterocycles. The van der Waals surface area contributed by atoms with Gasteiger partial charge in [0.05, 0.1) is 23.7 Å². The zero-order valence-corrected chi connectivity index (χ0v) is 18.8. The van der Waals surface area contributed by atoms with Crippen LogP contribution in [0.3, 0.4) is 0 Å². The van der Waals surface area contributed by atoms with E-state index in [4.69, 9.17) is 10.5 Å². The van der Waals surface area contributed by atoms with Gasteiger partial charge in [-0.15, -0.1) is 0 Å². The summed E-state index contributed by atoms with van der Waals surface area (Å²) in [6.45, 7) is 1.21. The van der Waals surface area contributed by atoms with Gasteiger partial charge in [-0.1, -0.05) is 18.2 Å². The van der Waals surface area contributed by atoms with Crippen molar-refractivity contribution < 1.29 is 9.53 Å². The van der Waals surface area contributed by atoms with Crippen LogP contribution >= 0.6 is 0 Å². The third-order valence-corrected chi connectivity index (χ3v) is 5.91. The lowest BCUT2D eigenvalue weighted by atomic mass is 10.1. The van der Waals surface area contributed by atoms with E-state index in [1.54, 1.807) is 42.5 Å². The molecule has 9 nitrogen and oxygen atoms in total. The van der Waals surface area contributed by atoms with Crippen molar-refractivity contribution in [3.8, 4) is 11.8 Å². The second-order valence-corrected chi connectivity index (χ2v) is 8.30. The van der Waals surface area contributed by atoms with Crippen molar-refractivity contribution in [2.75, 3.05) is 18.0 Å². The fourth-order valence-corrected chi connectivity index (χ4v) is 4.07. The summed E-state index contributed by atoms with van der Waals surface area (Å²) in [5.74, 6) is 0.180. The maximum atomic E-state index is 13.1. The molecular formula is C25H25N5O4. The van der Waals surface area contributed by atoms with E-state index in [1.165, 1.54) is 23.7 Å². The number of ether oxygens (including phenoxy) is 1. The summed E-state index contributed by atoms with van der Waals surface area (Å²) in [6, 6.07) is 16.7. The molecule has 0 saturated carbocycles. The molecule has 2 aromatic carbocycles. The van der Waals surface area contributed by atoms with Gasteiger partial charge in [0.1, 0.15) is 11.6 Å². The van der Waals surface area contributed by atoms with Gasteiger partial charge in [0.2, 0.25) is 0 Å². The van der Waals surface area contributed by atoms with E-state index in [0.717, 1.165) is 17.4 Å². The van der Waals surface area contributed by atoms with Gasteiger partial charge in [0, 0.05) is 32.2 Å². The monoisotopic (exact) mass is 459 g/mol. The number of piperidine rings is 1. The van der Waals surface area contributed by atoms with Crippen LogP contribution in [0.5, 0.6) is 5.75 Å². The van der Waals surface area contributed by atoms with Crippen molar-refractivity contribution in [2.45, 2.75) is 25.4 Å². The zero-order chi connectivity index (χ0) is 24.2. The standard InChI is InChI=1S/C25H25N5O4/c1-28-23(31)13-22(29-11-5-8-20(27)16-29)30(25(28)33)15-19-12-21(10-9-18(19)14-26)34-24(32)17-6-3-2-4-7-17/h2-4,6-7,9-10,12-13,20H,5,8,11,15-16,27H2,1H3. The Morgan fingerprint density at radius 3 is 2.65 bits per heavy atom. The Hall–Kier alpha value is -4.16. The Labute approximate surface area is 196 Å². The molecule has 1 fully saturated rings. The van der Waals surface area contributed by atoms with Crippen LogP contribution in [-0.2, 0) is 13.6 Å². The van der Waals surface area contributed by atoms with Gasteiger partial charge in [-0.05, 0) is 48.7 Å². The lowest BCUT2D eigenvalue weighted by Gasteiger charge is -2.34. The van der Waals surface area contributed by atoms with Crippen molar-refractivity contribution in [1.29, 1.82) is 5.26 Å². The highest BCUT2D eigenvalue weighted by Crippen LogP contribution is 2.23. The topological polar surface area (TPSA) is 123 Å². The fourth-order valence-electron chi connectivity index (χ4n) is 4.07. The van der Waals surface area contributed by atoms with E-state index in [-0.39, 0.29) is 18.3 Å². The lowest BCUT2D eigenvalue weighted by molar-refractivity contribution is 0.0734. The number of nitrogens with zero attached hydrogens (tertiary/aromatic N) is 4. The van der Waals surface area contributed by atoms with E-state index in [9.17, 15) is 19.6 Å². The summed E-state index contributed by atoms with van der Waals surface area (Å²) in [7, 11) is 1.41. The van der Waals surface area contributed by atoms with Gasteiger partial charge in [-0.25, -0.2) is 9.59 Å². The van der Waals surface area contributed by atoms with Gasteiger partial charge in [0.15, 0.2) is 0 Å². The van der Waals surface area contributed by atoms with Crippen molar-refractivity contribution >= 4 is 11.8 Å². The molecule has 1 saturated heterocycles. The summed E-state index contributed by atoms with van der Waals surface area (Å²) in [5, 5.41) is 9.64. The minimum Gasteiger partial charge on any atom is -0.423 e. The third-order valence-electron chi connectivity index (χ3n) is 5.91. The van der Waals surface area contributed by atoms with E-state index < -0.39 is 17.2 Å². The Bertz CT molecular complexity index is 1370. The average Bonchev–Trinajstić information content (AvgIpc) is 2.85. The van der Waals surface area contributed by atoms with Crippen LogP contribution < -0.4 is 26.6 Å². The number of anilines is 1. The number of esters is 1. The van der Waals surface area contributed by atoms with Crippen LogP contribution in [0.2, 0.25) is 0 Å². The van der Waals surface area contributed by atoms with Crippen LogP contribution in [0, 0.1) is 11.3 Å². The number of benzene rings is 2. The van der Waals surface area contributed by atoms with Gasteiger partial charge < -0.3 is 15.4 Å². The van der Waals surface area contributed by atoms with E-state index in [0.29, 0.717) is 35.6 Å². The van der Waals surface area contributed by atoms with Crippen molar-refractivity contribution in [3.63, 3.8) is 0 Å². The number of rotatable bonds is 5. The maximum Gasteiger partial charge on any atom is 0.343 e. The van der Waals surface area contributed by atoms with Gasteiger partial charge in [0.25, 0.3) is 5.56 Å². The molecule has 9 heteroatoms. The molecule has 34 heavy (non-hydrogen) atoms. The number of carbonyl (C=O) groups excluding carboxylic acids is 1. The van der Waals surface area contributed by atoms with Gasteiger partial charge in [-0.2, -0.15) is 5.26 Å². The quantitative estimate of drug-likeness (QED) is 0.454. The fraction of sp³-hybridized carbons (Fsp3) is 0.280. The van der Waals surface area contributed by atoms with E-state index in [1.807, 2.05) is 4.90 Å². The van der Waals surface area contributed by atoms with E-state index in [2.05, 4.69) is 6.07 Å². The highest BCUT2D eigenvalue weighted by Gasteiger charge is 2.22. The molecule has 174 valence electrons. The molecule has 0 bridgehead atoms. The van der Waals surface area contributed by atoms with Gasteiger partial charge >= 0.3 is 11.7 Å². The summed E-state index contributed by atoms with van der Waals surface area (Å²) >= 11 is 0. The number of hydrogen-bond acceptors (Lipinski definition) is 7. The second-order valence-electron chi connectivity index (χ2n) is 8.30. The predicted octanol–water partition coefficient (Wildman–Crippen LogP) is 1.61. The maximum absolute atomic E-state index is 13.1. The Morgan fingerprint density at radius 1 is 1.18 bits per heavy atom. The first-order chi connectivity index (χ1) is 16.4. The molecule has 1 unspecified atom stereocenters. The number of aromatic nitrogens is 2. The van der Waals surface area contributed by atoms with Crippen LogP contribution in [0.15, 0.2) is 64.2 Å². The SMILES string of the molecule is Cn1c(=O)cc(N2CCCC(N)C2)n(Cc2cc(OC(=O)c3ccccc3)ccc2C#N)c1=O. The molecule has 1 aliphatic heterocycles. The lowest BCUT2D eigenvalue weighted by Crippen LogP contribution is -2.47. The largest absolute Gasteiger partial charge is 0.423 e. The summed E-state index contributed by atoms with van der Waals surface area (Å²) in [5.41, 5.74) is 6.43. The van der Waals surface area contributed by atoms with Crippen LogP contribution in [0.25, 0.3) is 0 Å². The molecule has 0 radical (unpaired) electrons. The predicted molar refractivity (Wildman–Crippen MR) is 127 cm³/mol. The number of hydrogen-bond donors (Lipinski definition) is 1. The molecule has 0 aliphatic carbocycles. The summed E-state index contributed by atoms with van der Waals surface area (Å²) in [6.07, 6.45) is 1.72. The zero-order valence-electron chi connectivity index (χ0n) is 18.8. The number of nitrogens with two attached hydrogens (primary N) is 1. The Morgan fingerprint density at radius 2 is 1.94 bits per heavy atom. The van der Waals surface area contributed by atoms with Crippen LogP contribution in [-0.4, -0.2) is 34.2 Å². The average molecular weight is 460 g/mol. The molecular weight excluding hydrogens is 434 g/mol. The number of carbonyl (C=O) groups is 1. The van der Waals surface area contributed by atoms with E-state index >= 15 is 0 Å². The highest BCUT2D eigenvalue weighted by atomic mass is 16.5. The van der Waals surface area contributed by atoms with Gasteiger partial charge in [-0.3, -0.25) is 13.9 Å². The first-order valence-corrected chi connectivity index (χ1v) is 11.0. The molecule has 3 aromatic rings. The molecule has 0 amide bonds. The van der Waals surface area contributed by atoms with Crippen LogP contribution in [0.4, 0.5) is 5.82 Å². The Kier molecular flexibility index (Phi) is 6.61. The van der Waals surface area contributed by atoms with Crippen LogP contribution in [0.1, 0.15) is 34.3 Å². The first-order valence-electron chi connectivity index (χ1n) is 11.0. The first kappa shape index (κ1) is 23.0. The summed E-state index contributed by atoms with van der Waals surface area (Å²) < 4.78 is 7.98. The molecule has 1 aromatic heterocycles. The molecule has 1 aliphatic rings. The molecule has 4 rings (SSSR count). The van der Waals surface area contributed by atoms with Crippen molar-refractivity contribution in [1.82, 2.24) is 9.13 Å². The minimum atomic E-state index is -0.529. The summed E-state index contributed by atoms with van der Waals surface area (Å²) in [4.78, 5) is 39.9. The second kappa shape index (κ2) is 9.77. The third kappa shape index (κ3) is 4.77. The van der Waals surface area contributed by atoms with Crippen molar-refractivity contribution in [3.05, 3.63) is 92.1 Å². The molecule has 1 atom stereocenters. The van der Waals surface area contributed by atoms with Crippen molar-refractivity contribution in [2.24, 2.45) is 12.8 Å². The molecule has 0 spiro atoms. The number of nitriles is 1.